The molecular weight excluding hydrogens is 291 g/mol. The van der Waals surface area contributed by atoms with Crippen LogP contribution in [0.4, 0.5) is 4.39 Å². The molecule has 2 rings (SSSR count). The Kier molecular flexibility index (Phi) is 6.74. The zero-order valence-electron chi connectivity index (χ0n) is 13.1. The molecule has 2 N–H and O–H groups in total. The summed E-state index contributed by atoms with van der Waals surface area (Å²) in [6, 6.07) is 14.2. The van der Waals surface area contributed by atoms with E-state index in [2.05, 4.69) is 6.07 Å². The number of nitriles is 1. The Hall–Kier alpha value is -2.22. The lowest BCUT2D eigenvalue weighted by molar-refractivity contribution is 0.117. The molecule has 0 bridgehead atoms. The van der Waals surface area contributed by atoms with Gasteiger partial charge in [0, 0.05) is 6.61 Å². The zero-order chi connectivity index (χ0) is 16.5. The highest BCUT2D eigenvalue weighted by molar-refractivity contribution is 5.40. The van der Waals surface area contributed by atoms with Gasteiger partial charge in [0.1, 0.15) is 5.82 Å². The molecule has 0 saturated heterocycles. The number of halogens is 1. The van der Waals surface area contributed by atoms with Gasteiger partial charge in [-0.25, -0.2) is 4.39 Å². The molecule has 0 saturated carbocycles. The summed E-state index contributed by atoms with van der Waals surface area (Å²) in [6.45, 7) is 1.80. The van der Waals surface area contributed by atoms with Crippen molar-refractivity contribution in [2.24, 2.45) is 5.73 Å². The van der Waals surface area contributed by atoms with Gasteiger partial charge in [-0.1, -0.05) is 18.2 Å². The van der Waals surface area contributed by atoms with E-state index in [0.29, 0.717) is 31.7 Å². The Morgan fingerprint density at radius 3 is 2.52 bits per heavy atom. The maximum Gasteiger partial charge on any atom is 0.123 e. The molecule has 3 nitrogen and oxygen atoms in total. The smallest absolute Gasteiger partial charge is 0.123 e. The number of nitrogens with two attached hydrogens (primary N) is 1. The topological polar surface area (TPSA) is 59.0 Å². The highest BCUT2D eigenvalue weighted by Crippen LogP contribution is 2.18. The molecule has 0 aliphatic rings. The summed E-state index contributed by atoms with van der Waals surface area (Å²) >= 11 is 0. The van der Waals surface area contributed by atoms with Crippen LogP contribution in [0.1, 0.15) is 35.1 Å². The standard InChI is InChI=1S/C19H21FN2O/c20-19-7-4-15(5-8-19)11-17-6-3-16(13-22)12-18(17)14-23-10-2-1-9-21/h3-8,12H,1-2,9-11,14,21H2. The van der Waals surface area contributed by atoms with Crippen LogP contribution in [-0.2, 0) is 17.8 Å². The van der Waals surface area contributed by atoms with Crippen molar-refractivity contribution in [3.8, 4) is 6.07 Å². The Bertz CT molecular complexity index is 662. The van der Waals surface area contributed by atoms with Crippen LogP contribution < -0.4 is 5.73 Å². The number of hydrogen-bond acceptors (Lipinski definition) is 3. The summed E-state index contributed by atoms with van der Waals surface area (Å²) in [5.41, 5.74) is 9.20. The molecule has 120 valence electrons. The average Bonchev–Trinajstić information content (AvgIpc) is 2.58. The van der Waals surface area contributed by atoms with Crippen molar-refractivity contribution < 1.29 is 9.13 Å². The third-order valence-corrected chi connectivity index (χ3v) is 3.64. The highest BCUT2D eigenvalue weighted by atomic mass is 19.1. The van der Waals surface area contributed by atoms with Gasteiger partial charge in [0.15, 0.2) is 0 Å². The summed E-state index contributed by atoms with van der Waals surface area (Å²) in [6.07, 6.45) is 2.57. The first kappa shape index (κ1) is 17.1. The number of rotatable bonds is 8. The molecule has 0 fully saturated rings. The minimum Gasteiger partial charge on any atom is -0.377 e. The van der Waals surface area contributed by atoms with Crippen LogP contribution in [0.25, 0.3) is 0 Å². The first-order chi connectivity index (χ1) is 11.2. The molecule has 2 aromatic rings. The lowest BCUT2D eigenvalue weighted by atomic mass is 9.98. The van der Waals surface area contributed by atoms with E-state index < -0.39 is 0 Å². The maximum atomic E-state index is 13.0. The van der Waals surface area contributed by atoms with Gasteiger partial charge in [-0.15, -0.1) is 0 Å². The van der Waals surface area contributed by atoms with E-state index in [0.717, 1.165) is 29.5 Å². The summed E-state index contributed by atoms with van der Waals surface area (Å²) in [4.78, 5) is 0. The SMILES string of the molecule is N#Cc1ccc(Cc2ccc(F)cc2)c(COCCCCN)c1. The van der Waals surface area contributed by atoms with Crippen molar-refractivity contribution in [1.82, 2.24) is 0 Å². The van der Waals surface area contributed by atoms with E-state index in [9.17, 15) is 4.39 Å². The van der Waals surface area contributed by atoms with Gasteiger partial charge >= 0.3 is 0 Å². The maximum absolute atomic E-state index is 13.0. The average molecular weight is 312 g/mol. The third-order valence-electron chi connectivity index (χ3n) is 3.64. The van der Waals surface area contributed by atoms with E-state index in [1.54, 1.807) is 18.2 Å². The Balaban J connectivity index is 2.08. The molecule has 0 atom stereocenters. The van der Waals surface area contributed by atoms with Crippen molar-refractivity contribution in [2.45, 2.75) is 25.9 Å². The summed E-state index contributed by atoms with van der Waals surface area (Å²) in [5.74, 6) is -0.239. The molecule has 0 aliphatic carbocycles. The second-order valence-electron chi connectivity index (χ2n) is 5.45. The fraction of sp³-hybridized carbons (Fsp3) is 0.316. The van der Waals surface area contributed by atoms with Crippen LogP contribution in [-0.4, -0.2) is 13.2 Å². The second-order valence-corrected chi connectivity index (χ2v) is 5.45. The van der Waals surface area contributed by atoms with Gasteiger partial charge < -0.3 is 10.5 Å². The van der Waals surface area contributed by atoms with Gasteiger partial charge in [-0.2, -0.15) is 5.26 Å². The van der Waals surface area contributed by atoms with Crippen molar-refractivity contribution >= 4 is 0 Å². The summed E-state index contributed by atoms with van der Waals surface area (Å²) in [5, 5.41) is 9.07. The van der Waals surface area contributed by atoms with E-state index >= 15 is 0 Å². The Morgan fingerprint density at radius 2 is 1.83 bits per heavy atom. The van der Waals surface area contributed by atoms with Gasteiger partial charge in [0.2, 0.25) is 0 Å². The van der Waals surface area contributed by atoms with Crippen molar-refractivity contribution in [2.75, 3.05) is 13.2 Å². The van der Waals surface area contributed by atoms with Crippen molar-refractivity contribution in [3.63, 3.8) is 0 Å². The summed E-state index contributed by atoms with van der Waals surface area (Å²) in [7, 11) is 0. The lowest BCUT2D eigenvalue weighted by Gasteiger charge is -2.11. The van der Waals surface area contributed by atoms with Gasteiger partial charge in [-0.05, 0) is 66.8 Å². The van der Waals surface area contributed by atoms with Crippen LogP contribution in [0.3, 0.4) is 0 Å². The van der Waals surface area contributed by atoms with E-state index in [-0.39, 0.29) is 5.82 Å². The lowest BCUT2D eigenvalue weighted by Crippen LogP contribution is -2.04. The van der Waals surface area contributed by atoms with Crippen LogP contribution in [0.5, 0.6) is 0 Å². The molecule has 4 heteroatoms. The summed E-state index contributed by atoms with van der Waals surface area (Å²) < 4.78 is 18.7. The van der Waals surface area contributed by atoms with E-state index in [1.807, 2.05) is 12.1 Å². The highest BCUT2D eigenvalue weighted by Gasteiger charge is 2.06. The third kappa shape index (κ3) is 5.48. The molecule has 0 unspecified atom stereocenters. The van der Waals surface area contributed by atoms with Gasteiger partial charge in [-0.3, -0.25) is 0 Å². The fourth-order valence-corrected chi connectivity index (χ4v) is 2.36. The largest absolute Gasteiger partial charge is 0.377 e. The minimum absolute atomic E-state index is 0.239. The minimum atomic E-state index is -0.239. The first-order valence-corrected chi connectivity index (χ1v) is 7.77. The Morgan fingerprint density at radius 1 is 1.04 bits per heavy atom. The van der Waals surface area contributed by atoms with Crippen LogP contribution in [0.15, 0.2) is 42.5 Å². The molecule has 0 aromatic heterocycles. The molecule has 0 radical (unpaired) electrons. The van der Waals surface area contributed by atoms with Crippen LogP contribution in [0.2, 0.25) is 0 Å². The van der Waals surface area contributed by atoms with Crippen LogP contribution >= 0.6 is 0 Å². The molecule has 0 heterocycles. The Labute approximate surface area is 136 Å². The number of hydrogen-bond donors (Lipinski definition) is 1. The quantitative estimate of drug-likeness (QED) is 0.758. The zero-order valence-corrected chi connectivity index (χ0v) is 13.1. The number of ether oxygens (including phenoxy) is 1. The van der Waals surface area contributed by atoms with Crippen molar-refractivity contribution in [1.29, 1.82) is 5.26 Å². The fourth-order valence-electron chi connectivity index (χ4n) is 2.36. The number of unbranched alkanes of at least 4 members (excludes halogenated alkanes) is 1. The van der Waals surface area contributed by atoms with Crippen molar-refractivity contribution in [3.05, 3.63) is 70.5 Å². The van der Waals surface area contributed by atoms with E-state index in [1.165, 1.54) is 12.1 Å². The van der Waals surface area contributed by atoms with Crippen LogP contribution in [0, 0.1) is 17.1 Å². The molecule has 2 aromatic carbocycles. The number of nitrogens with zero attached hydrogens (tertiary/aromatic N) is 1. The first-order valence-electron chi connectivity index (χ1n) is 7.77. The molecule has 23 heavy (non-hydrogen) atoms. The van der Waals surface area contributed by atoms with E-state index in [4.69, 9.17) is 15.7 Å². The number of benzene rings is 2. The van der Waals surface area contributed by atoms with Gasteiger partial charge in [0.05, 0.1) is 18.2 Å². The molecule has 0 spiro atoms. The second kappa shape index (κ2) is 9.04. The predicted octanol–water partition coefficient (Wildman–Crippen LogP) is 3.54. The van der Waals surface area contributed by atoms with Gasteiger partial charge in [0.25, 0.3) is 0 Å². The monoisotopic (exact) mass is 312 g/mol. The molecular formula is C19H21FN2O. The predicted molar refractivity (Wildman–Crippen MR) is 88.3 cm³/mol. The normalized spacial score (nSPS) is 10.5. The molecule has 0 aliphatic heterocycles. The molecule has 0 amide bonds.